The summed E-state index contributed by atoms with van der Waals surface area (Å²) in [5, 5.41) is 0. The van der Waals surface area contributed by atoms with Gasteiger partial charge in [0.1, 0.15) is 5.60 Å². The van der Waals surface area contributed by atoms with Gasteiger partial charge in [-0.3, -0.25) is 9.69 Å². The maximum Gasteiger partial charge on any atom is 0.410 e. The fraction of sp³-hybridized carbons (Fsp3) is 0.370. The molecule has 176 valence electrons. The molecule has 0 N–H and O–H groups in total. The quantitative estimate of drug-likeness (QED) is 0.555. The van der Waals surface area contributed by atoms with E-state index < -0.39 is 5.60 Å². The number of rotatable bonds is 6. The Morgan fingerprint density at radius 1 is 1.06 bits per heavy atom. The van der Waals surface area contributed by atoms with Crippen LogP contribution in [0.4, 0.5) is 4.79 Å². The number of benzene rings is 2. The molecule has 0 aliphatic carbocycles. The van der Waals surface area contributed by atoms with Gasteiger partial charge in [0.05, 0.1) is 12.9 Å². The smallest absolute Gasteiger partial charge is 0.410 e. The highest BCUT2D eigenvalue weighted by molar-refractivity contribution is 5.94. The van der Waals surface area contributed by atoms with E-state index in [-0.39, 0.29) is 17.9 Å². The molecule has 2 aliphatic heterocycles. The lowest BCUT2D eigenvalue weighted by Gasteiger charge is -2.39. The zero-order valence-electron chi connectivity index (χ0n) is 19.5. The van der Waals surface area contributed by atoms with E-state index in [1.165, 1.54) is 0 Å². The van der Waals surface area contributed by atoms with Gasteiger partial charge in [-0.25, -0.2) is 9.78 Å². The second-order valence-electron chi connectivity index (χ2n) is 9.52. The predicted molar refractivity (Wildman–Crippen MR) is 128 cm³/mol. The second kappa shape index (κ2) is 9.33. The number of likely N-dealkylation sites (tertiary alicyclic amines) is 1. The van der Waals surface area contributed by atoms with Gasteiger partial charge < -0.3 is 14.2 Å². The van der Waals surface area contributed by atoms with Gasteiger partial charge in [0.25, 0.3) is 5.91 Å². The third-order valence-electron chi connectivity index (χ3n) is 7.04. The van der Waals surface area contributed by atoms with Crippen LogP contribution in [0, 0.1) is 5.92 Å². The van der Waals surface area contributed by atoms with Crippen LogP contribution in [0.25, 0.3) is 0 Å². The van der Waals surface area contributed by atoms with Crippen molar-refractivity contribution >= 4 is 12.0 Å². The molecule has 2 aromatic carbocycles. The molecule has 2 amide bonds. The lowest BCUT2D eigenvalue weighted by molar-refractivity contribution is -0.00480. The summed E-state index contributed by atoms with van der Waals surface area (Å²) in [7, 11) is 0. The van der Waals surface area contributed by atoms with Crippen molar-refractivity contribution in [2.75, 3.05) is 19.6 Å². The van der Waals surface area contributed by atoms with Crippen LogP contribution in [-0.2, 0) is 17.8 Å². The maximum atomic E-state index is 13.2. The second-order valence-corrected chi connectivity index (χ2v) is 9.52. The van der Waals surface area contributed by atoms with Crippen molar-refractivity contribution in [2.45, 2.75) is 38.5 Å². The number of piperidine rings is 1. The number of aromatic nitrogens is 2. The number of carbonyl (C=O) groups excluding carboxylic acids is 2. The van der Waals surface area contributed by atoms with Crippen molar-refractivity contribution in [1.82, 2.24) is 19.4 Å². The molecule has 3 aromatic rings. The highest BCUT2D eigenvalue weighted by atomic mass is 16.6. The molecule has 2 aliphatic rings. The Kier molecular flexibility index (Phi) is 6.09. The van der Waals surface area contributed by atoms with Crippen LogP contribution < -0.4 is 0 Å². The van der Waals surface area contributed by atoms with E-state index in [1.807, 2.05) is 77.2 Å². The van der Waals surface area contributed by atoms with E-state index in [4.69, 9.17) is 4.74 Å². The number of ether oxygens (including phenoxy) is 1. The third kappa shape index (κ3) is 4.69. The van der Waals surface area contributed by atoms with Gasteiger partial charge >= 0.3 is 6.09 Å². The monoisotopic (exact) mass is 458 g/mol. The lowest BCUT2D eigenvalue weighted by Crippen LogP contribution is -2.47. The van der Waals surface area contributed by atoms with Crippen LogP contribution in [0.2, 0.25) is 0 Å². The molecule has 34 heavy (non-hydrogen) atoms. The lowest BCUT2D eigenvalue weighted by atomic mass is 9.81. The van der Waals surface area contributed by atoms with Crippen LogP contribution in [0.3, 0.4) is 0 Å². The molecule has 0 spiro atoms. The first-order valence-corrected chi connectivity index (χ1v) is 11.9. The molecular weight excluding hydrogens is 428 g/mol. The minimum atomic E-state index is -0.522. The maximum absolute atomic E-state index is 13.2. The van der Waals surface area contributed by atoms with Crippen molar-refractivity contribution in [3.05, 3.63) is 90.0 Å². The first-order chi connectivity index (χ1) is 16.5. The number of nitrogens with zero attached hydrogens (tertiary/aromatic N) is 4. The summed E-state index contributed by atoms with van der Waals surface area (Å²) < 4.78 is 7.88. The van der Waals surface area contributed by atoms with Gasteiger partial charge in [0, 0.05) is 50.1 Å². The summed E-state index contributed by atoms with van der Waals surface area (Å²) in [4.78, 5) is 33.6. The van der Waals surface area contributed by atoms with Crippen molar-refractivity contribution in [3.8, 4) is 0 Å². The molecule has 7 nitrogen and oxygen atoms in total. The number of imidazole rings is 1. The first kappa shape index (κ1) is 22.2. The van der Waals surface area contributed by atoms with Crippen molar-refractivity contribution < 1.29 is 14.3 Å². The molecular formula is C27H30N4O3. The Morgan fingerprint density at radius 2 is 1.82 bits per heavy atom. The van der Waals surface area contributed by atoms with Gasteiger partial charge in [-0.1, -0.05) is 42.5 Å². The van der Waals surface area contributed by atoms with E-state index in [2.05, 4.69) is 4.98 Å². The molecule has 3 heterocycles. The Bertz CT molecular complexity index is 1140. The van der Waals surface area contributed by atoms with Gasteiger partial charge in [-0.2, -0.15) is 0 Å². The highest BCUT2D eigenvalue weighted by Crippen LogP contribution is 2.37. The van der Waals surface area contributed by atoms with Crippen LogP contribution in [-0.4, -0.2) is 56.6 Å². The minimum Gasteiger partial charge on any atom is -0.441 e. The fourth-order valence-corrected chi connectivity index (χ4v) is 5.15. The Balaban J connectivity index is 1.18. The van der Waals surface area contributed by atoms with Gasteiger partial charge in [-0.05, 0) is 43.0 Å². The SMILES string of the molecule is C[C@@]1(C2CCN(C(=O)c3cccc(Cn4ccnc4)c3)CC2)CN(Cc2ccccc2)C(=O)O1. The molecule has 0 radical (unpaired) electrons. The molecule has 0 saturated carbocycles. The standard InChI is InChI=1S/C27H30N4O3/c1-27(19-31(26(33)34-27)18-21-6-3-2-4-7-21)24-10-13-30(14-11-24)25(32)23-9-5-8-22(16-23)17-29-15-12-28-20-29/h2-9,12,15-16,20,24H,10-11,13-14,17-19H2,1H3/t27-/m0/s1. The number of hydrogen-bond acceptors (Lipinski definition) is 4. The topological polar surface area (TPSA) is 67.7 Å². The van der Waals surface area contributed by atoms with Gasteiger partial charge in [-0.15, -0.1) is 0 Å². The van der Waals surface area contributed by atoms with Gasteiger partial charge in [0.2, 0.25) is 0 Å². The molecule has 2 fully saturated rings. The predicted octanol–water partition coefficient (Wildman–Crippen LogP) is 4.19. The summed E-state index contributed by atoms with van der Waals surface area (Å²) in [5.41, 5.74) is 2.36. The first-order valence-electron chi connectivity index (χ1n) is 11.9. The Morgan fingerprint density at radius 3 is 2.56 bits per heavy atom. The summed E-state index contributed by atoms with van der Waals surface area (Å²) in [6, 6.07) is 17.8. The number of amides is 2. The largest absolute Gasteiger partial charge is 0.441 e. The van der Waals surface area contributed by atoms with Crippen LogP contribution in [0.5, 0.6) is 0 Å². The van der Waals surface area contributed by atoms with E-state index in [1.54, 1.807) is 17.4 Å². The highest BCUT2D eigenvalue weighted by Gasteiger charge is 2.47. The van der Waals surface area contributed by atoms with E-state index in [0.717, 1.165) is 24.0 Å². The third-order valence-corrected chi connectivity index (χ3v) is 7.04. The van der Waals surface area contributed by atoms with Crippen molar-refractivity contribution in [1.29, 1.82) is 0 Å². The normalized spacial score (nSPS) is 21.0. The van der Waals surface area contributed by atoms with E-state index >= 15 is 0 Å². The summed E-state index contributed by atoms with van der Waals surface area (Å²) in [5.74, 6) is 0.291. The zero-order chi connectivity index (χ0) is 23.5. The van der Waals surface area contributed by atoms with Crippen molar-refractivity contribution in [2.24, 2.45) is 5.92 Å². The Hall–Kier alpha value is -3.61. The van der Waals surface area contributed by atoms with Crippen LogP contribution >= 0.6 is 0 Å². The summed E-state index contributed by atoms with van der Waals surface area (Å²) in [6.07, 6.45) is 6.84. The average molecular weight is 459 g/mol. The summed E-state index contributed by atoms with van der Waals surface area (Å²) >= 11 is 0. The zero-order valence-corrected chi connectivity index (χ0v) is 19.5. The van der Waals surface area contributed by atoms with Crippen molar-refractivity contribution in [3.63, 3.8) is 0 Å². The average Bonchev–Trinajstić information content (AvgIpc) is 3.47. The Labute approximate surface area is 200 Å². The molecule has 1 atom stereocenters. The van der Waals surface area contributed by atoms with Gasteiger partial charge in [0.15, 0.2) is 0 Å². The molecule has 7 heteroatoms. The molecule has 1 aromatic heterocycles. The molecule has 2 saturated heterocycles. The van der Waals surface area contributed by atoms with Crippen LogP contribution in [0.1, 0.15) is 41.3 Å². The van der Waals surface area contributed by atoms with E-state index in [9.17, 15) is 9.59 Å². The molecule has 5 rings (SSSR count). The van der Waals surface area contributed by atoms with Crippen LogP contribution in [0.15, 0.2) is 73.3 Å². The number of carbonyl (C=O) groups is 2. The summed E-state index contributed by atoms with van der Waals surface area (Å²) in [6.45, 7) is 5.20. The molecule has 0 bridgehead atoms. The molecule has 0 unspecified atom stereocenters. The fourth-order valence-electron chi connectivity index (χ4n) is 5.15. The number of cyclic esters (lactones) is 1. The minimum absolute atomic E-state index is 0.0604. The van der Waals surface area contributed by atoms with E-state index in [0.29, 0.717) is 38.3 Å². The number of hydrogen-bond donors (Lipinski definition) is 0.